The standard InChI is InChI=1S/C18H21N5O/c1-14(23-13-20-16-6-2-3-7-17(16)23)18(24)21-9-4-5-15(11-21)22-10-8-19-12-22/h2-3,6-8,10,12-15H,4-5,9,11H2,1H3/t14-,15-/m1/s1. The van der Waals surface area contributed by atoms with Crippen molar-refractivity contribution in [1.82, 2.24) is 24.0 Å². The molecule has 3 aromatic rings. The summed E-state index contributed by atoms with van der Waals surface area (Å²) in [6.07, 6.45) is 9.48. The second-order valence-corrected chi connectivity index (χ2v) is 6.41. The summed E-state index contributed by atoms with van der Waals surface area (Å²) in [5.74, 6) is 0.156. The number of fused-ring (bicyclic) bond motifs is 1. The van der Waals surface area contributed by atoms with E-state index in [1.807, 2.05) is 53.2 Å². The molecular formula is C18H21N5O. The Balaban J connectivity index is 1.54. The van der Waals surface area contributed by atoms with Crippen molar-refractivity contribution in [3.05, 3.63) is 49.3 Å². The number of amides is 1. The number of para-hydroxylation sites is 2. The maximum Gasteiger partial charge on any atom is 0.245 e. The average molecular weight is 323 g/mol. The van der Waals surface area contributed by atoms with E-state index in [2.05, 4.69) is 14.5 Å². The van der Waals surface area contributed by atoms with Crippen molar-refractivity contribution in [2.24, 2.45) is 0 Å². The van der Waals surface area contributed by atoms with E-state index >= 15 is 0 Å². The summed E-state index contributed by atoms with van der Waals surface area (Å²) in [7, 11) is 0. The zero-order chi connectivity index (χ0) is 16.5. The van der Waals surface area contributed by atoms with Gasteiger partial charge in [-0.05, 0) is 31.9 Å². The van der Waals surface area contributed by atoms with E-state index in [0.717, 1.165) is 37.0 Å². The molecule has 124 valence electrons. The zero-order valence-electron chi connectivity index (χ0n) is 13.7. The van der Waals surface area contributed by atoms with Crippen LogP contribution in [0.1, 0.15) is 31.8 Å². The Labute approximate surface area is 140 Å². The van der Waals surface area contributed by atoms with E-state index in [9.17, 15) is 4.79 Å². The van der Waals surface area contributed by atoms with Gasteiger partial charge in [0.05, 0.1) is 29.7 Å². The largest absolute Gasteiger partial charge is 0.339 e. The molecule has 2 aromatic heterocycles. The van der Waals surface area contributed by atoms with Gasteiger partial charge in [-0.2, -0.15) is 0 Å². The minimum Gasteiger partial charge on any atom is -0.339 e. The number of nitrogens with zero attached hydrogens (tertiary/aromatic N) is 5. The monoisotopic (exact) mass is 323 g/mol. The first-order valence-electron chi connectivity index (χ1n) is 8.42. The fraction of sp³-hybridized carbons (Fsp3) is 0.389. The summed E-state index contributed by atoms with van der Waals surface area (Å²) in [6.45, 7) is 3.52. The molecule has 1 aliphatic heterocycles. The predicted molar refractivity (Wildman–Crippen MR) is 91.5 cm³/mol. The van der Waals surface area contributed by atoms with Crippen molar-refractivity contribution < 1.29 is 4.79 Å². The Morgan fingerprint density at radius 1 is 1.29 bits per heavy atom. The Morgan fingerprint density at radius 3 is 3.00 bits per heavy atom. The number of imidazole rings is 2. The van der Waals surface area contributed by atoms with E-state index in [-0.39, 0.29) is 11.9 Å². The lowest BCUT2D eigenvalue weighted by atomic mass is 10.0. The van der Waals surface area contributed by atoms with Crippen LogP contribution in [0, 0.1) is 0 Å². The highest BCUT2D eigenvalue weighted by Gasteiger charge is 2.28. The molecule has 24 heavy (non-hydrogen) atoms. The molecule has 0 unspecified atom stereocenters. The van der Waals surface area contributed by atoms with Gasteiger partial charge in [-0.1, -0.05) is 12.1 Å². The Bertz CT molecular complexity index is 838. The molecule has 0 radical (unpaired) electrons. The van der Waals surface area contributed by atoms with E-state index < -0.39 is 0 Å². The van der Waals surface area contributed by atoms with Gasteiger partial charge in [0.1, 0.15) is 6.04 Å². The highest BCUT2D eigenvalue weighted by molar-refractivity contribution is 5.83. The van der Waals surface area contributed by atoms with Crippen molar-refractivity contribution >= 4 is 16.9 Å². The Hall–Kier alpha value is -2.63. The lowest BCUT2D eigenvalue weighted by Crippen LogP contribution is -2.43. The first-order chi connectivity index (χ1) is 11.7. The fourth-order valence-corrected chi connectivity index (χ4v) is 3.55. The SMILES string of the molecule is C[C@H](C(=O)N1CCC[C@@H](n2ccnc2)C1)n1cnc2ccccc21. The van der Waals surface area contributed by atoms with E-state index in [1.165, 1.54) is 0 Å². The van der Waals surface area contributed by atoms with Gasteiger partial charge in [-0.3, -0.25) is 4.79 Å². The summed E-state index contributed by atoms with van der Waals surface area (Å²) < 4.78 is 4.08. The molecule has 6 heteroatoms. The number of piperidine rings is 1. The van der Waals surface area contributed by atoms with Gasteiger partial charge in [-0.15, -0.1) is 0 Å². The molecule has 1 amide bonds. The van der Waals surface area contributed by atoms with Crippen LogP contribution in [0.4, 0.5) is 0 Å². The molecule has 1 saturated heterocycles. The third-order valence-corrected chi connectivity index (χ3v) is 4.91. The molecule has 6 nitrogen and oxygen atoms in total. The smallest absolute Gasteiger partial charge is 0.245 e. The van der Waals surface area contributed by atoms with Crippen LogP contribution in [-0.4, -0.2) is 43.0 Å². The minimum absolute atomic E-state index is 0.156. The number of likely N-dealkylation sites (tertiary alicyclic amines) is 1. The molecule has 0 spiro atoms. The first-order valence-corrected chi connectivity index (χ1v) is 8.42. The van der Waals surface area contributed by atoms with Crippen molar-refractivity contribution in [3.63, 3.8) is 0 Å². The highest BCUT2D eigenvalue weighted by atomic mass is 16.2. The second-order valence-electron chi connectivity index (χ2n) is 6.41. The number of carbonyl (C=O) groups excluding carboxylic acids is 1. The molecule has 0 aliphatic carbocycles. The summed E-state index contributed by atoms with van der Waals surface area (Å²) in [5, 5.41) is 0. The van der Waals surface area contributed by atoms with Crippen LogP contribution in [0.2, 0.25) is 0 Å². The molecule has 2 atom stereocenters. The van der Waals surface area contributed by atoms with Crippen LogP contribution in [-0.2, 0) is 4.79 Å². The van der Waals surface area contributed by atoms with E-state index in [4.69, 9.17) is 0 Å². The van der Waals surface area contributed by atoms with Crippen LogP contribution in [0.25, 0.3) is 11.0 Å². The number of benzene rings is 1. The fourth-order valence-electron chi connectivity index (χ4n) is 3.55. The third kappa shape index (κ3) is 2.58. The maximum absolute atomic E-state index is 13.0. The van der Waals surface area contributed by atoms with Crippen molar-refractivity contribution in [2.45, 2.75) is 31.8 Å². The Morgan fingerprint density at radius 2 is 2.17 bits per heavy atom. The van der Waals surface area contributed by atoms with Gasteiger partial charge in [0, 0.05) is 25.5 Å². The summed E-state index contributed by atoms with van der Waals surface area (Å²) in [6, 6.07) is 7.99. The normalized spacial score (nSPS) is 19.5. The van der Waals surface area contributed by atoms with Gasteiger partial charge in [0.15, 0.2) is 0 Å². The summed E-state index contributed by atoms with van der Waals surface area (Å²) in [5.41, 5.74) is 1.92. The Kier molecular flexibility index (Phi) is 3.80. The van der Waals surface area contributed by atoms with Gasteiger partial charge in [-0.25, -0.2) is 9.97 Å². The molecule has 4 rings (SSSR count). The molecule has 1 fully saturated rings. The highest BCUT2D eigenvalue weighted by Crippen LogP contribution is 2.25. The number of rotatable bonds is 3. The van der Waals surface area contributed by atoms with Crippen LogP contribution >= 0.6 is 0 Å². The minimum atomic E-state index is -0.251. The van der Waals surface area contributed by atoms with Crippen LogP contribution in [0.15, 0.2) is 49.3 Å². The first kappa shape index (κ1) is 14.9. The lowest BCUT2D eigenvalue weighted by Gasteiger charge is -2.35. The molecule has 1 aliphatic rings. The molecule has 3 heterocycles. The molecule has 0 bridgehead atoms. The molecule has 0 N–H and O–H groups in total. The third-order valence-electron chi connectivity index (χ3n) is 4.91. The predicted octanol–water partition coefficient (Wildman–Crippen LogP) is 2.66. The van der Waals surface area contributed by atoms with Crippen molar-refractivity contribution in [2.75, 3.05) is 13.1 Å². The van der Waals surface area contributed by atoms with Crippen LogP contribution in [0.5, 0.6) is 0 Å². The number of carbonyl (C=O) groups is 1. The molecule has 0 saturated carbocycles. The van der Waals surface area contributed by atoms with Gasteiger partial charge in [0.25, 0.3) is 0 Å². The lowest BCUT2D eigenvalue weighted by molar-refractivity contribution is -0.135. The zero-order valence-corrected chi connectivity index (χ0v) is 13.7. The molecule has 1 aromatic carbocycles. The van der Waals surface area contributed by atoms with Gasteiger partial charge < -0.3 is 14.0 Å². The van der Waals surface area contributed by atoms with Crippen LogP contribution in [0.3, 0.4) is 0 Å². The topological polar surface area (TPSA) is 56.0 Å². The molecular weight excluding hydrogens is 302 g/mol. The van der Waals surface area contributed by atoms with Crippen LogP contribution < -0.4 is 0 Å². The maximum atomic E-state index is 13.0. The summed E-state index contributed by atoms with van der Waals surface area (Å²) in [4.78, 5) is 23.5. The average Bonchev–Trinajstić information content (AvgIpc) is 3.30. The van der Waals surface area contributed by atoms with Gasteiger partial charge >= 0.3 is 0 Å². The van der Waals surface area contributed by atoms with Crippen molar-refractivity contribution in [1.29, 1.82) is 0 Å². The van der Waals surface area contributed by atoms with E-state index in [1.54, 1.807) is 12.5 Å². The van der Waals surface area contributed by atoms with E-state index in [0.29, 0.717) is 6.04 Å². The number of aromatic nitrogens is 4. The second kappa shape index (κ2) is 6.11. The van der Waals surface area contributed by atoms with Gasteiger partial charge in [0.2, 0.25) is 5.91 Å². The summed E-state index contributed by atoms with van der Waals surface area (Å²) >= 11 is 0. The number of hydrogen-bond acceptors (Lipinski definition) is 3. The number of hydrogen-bond donors (Lipinski definition) is 0. The quantitative estimate of drug-likeness (QED) is 0.744. The van der Waals surface area contributed by atoms with Crippen molar-refractivity contribution in [3.8, 4) is 0 Å².